The number of nitrogens with one attached hydrogen (secondary N) is 1. The molecule has 26 heavy (non-hydrogen) atoms. The van der Waals surface area contributed by atoms with E-state index in [0.717, 1.165) is 5.69 Å². The number of nitro groups is 1. The third-order valence-corrected chi connectivity index (χ3v) is 4.69. The highest BCUT2D eigenvalue weighted by Gasteiger charge is 2.38. The van der Waals surface area contributed by atoms with Crippen LogP contribution in [-0.4, -0.2) is 24.9 Å². The fourth-order valence-corrected chi connectivity index (χ4v) is 3.26. The summed E-state index contributed by atoms with van der Waals surface area (Å²) >= 11 is 6.30. The minimum atomic E-state index is -0.924. The van der Waals surface area contributed by atoms with Crippen LogP contribution in [0.15, 0.2) is 36.4 Å². The Morgan fingerprint density at radius 1 is 1.27 bits per heavy atom. The molecule has 3 rings (SSSR count). The van der Waals surface area contributed by atoms with Crippen molar-refractivity contribution < 1.29 is 9.66 Å². The molecule has 132 valence electrons. The number of benzene rings is 2. The number of anilines is 1. The Balaban J connectivity index is 2.23. The molecule has 0 spiro atoms. The zero-order chi connectivity index (χ0) is 19.0. The fourth-order valence-electron chi connectivity index (χ4n) is 3.02. The summed E-state index contributed by atoms with van der Waals surface area (Å²) in [6, 6.07) is 11.6. The van der Waals surface area contributed by atoms with E-state index in [9.17, 15) is 15.4 Å². The average Bonchev–Trinajstić information content (AvgIpc) is 2.60. The lowest BCUT2D eigenvalue weighted by atomic mass is 9.79. The van der Waals surface area contributed by atoms with Gasteiger partial charge in [-0.2, -0.15) is 5.26 Å². The molecule has 2 unspecified atom stereocenters. The van der Waals surface area contributed by atoms with Crippen LogP contribution in [0.25, 0.3) is 0 Å². The van der Waals surface area contributed by atoms with Crippen LogP contribution in [0.1, 0.15) is 17.0 Å². The lowest BCUT2D eigenvalue weighted by Crippen LogP contribution is -2.31. The highest BCUT2D eigenvalue weighted by atomic mass is 35.5. The van der Waals surface area contributed by atoms with E-state index in [0.29, 0.717) is 21.9 Å². The summed E-state index contributed by atoms with van der Waals surface area (Å²) in [4.78, 5) is 12.5. The van der Waals surface area contributed by atoms with E-state index < -0.39 is 16.8 Å². The van der Waals surface area contributed by atoms with Crippen molar-refractivity contribution in [3.63, 3.8) is 0 Å². The maximum absolute atomic E-state index is 11.2. The van der Waals surface area contributed by atoms with Crippen LogP contribution in [0.5, 0.6) is 5.75 Å². The molecule has 0 saturated carbocycles. The van der Waals surface area contributed by atoms with Gasteiger partial charge in [-0.15, -0.1) is 0 Å². The predicted octanol–water partition coefficient (Wildman–Crippen LogP) is 3.96. The van der Waals surface area contributed by atoms with E-state index >= 15 is 0 Å². The van der Waals surface area contributed by atoms with Gasteiger partial charge in [-0.05, 0) is 17.7 Å². The number of nitriles is 1. The second kappa shape index (κ2) is 6.65. The second-order valence-corrected chi connectivity index (χ2v) is 6.54. The van der Waals surface area contributed by atoms with Crippen LogP contribution in [0.4, 0.5) is 11.4 Å². The normalized spacial score (nSPS) is 18.5. The van der Waals surface area contributed by atoms with Gasteiger partial charge in [0.05, 0.1) is 11.0 Å². The van der Waals surface area contributed by atoms with Crippen LogP contribution < -0.4 is 9.64 Å². The maximum Gasteiger partial charge on any atom is 0.269 e. The van der Waals surface area contributed by atoms with Crippen LogP contribution in [0.2, 0.25) is 5.02 Å². The number of rotatable bonds is 3. The first-order chi connectivity index (χ1) is 12.3. The van der Waals surface area contributed by atoms with Crippen molar-refractivity contribution in [3.05, 3.63) is 62.7 Å². The molecule has 2 atom stereocenters. The Kier molecular flexibility index (Phi) is 4.53. The topological polar surface area (TPSA) is 103 Å². The summed E-state index contributed by atoms with van der Waals surface area (Å²) in [5, 5.41) is 29.1. The van der Waals surface area contributed by atoms with Crippen molar-refractivity contribution >= 4 is 28.9 Å². The summed E-state index contributed by atoms with van der Waals surface area (Å²) in [5.41, 5.74) is 1.85. The third kappa shape index (κ3) is 2.95. The second-order valence-electron chi connectivity index (χ2n) is 6.13. The van der Waals surface area contributed by atoms with E-state index in [1.165, 1.54) is 18.2 Å². The lowest BCUT2D eigenvalue weighted by molar-refractivity contribution is -0.384. The van der Waals surface area contributed by atoms with Gasteiger partial charge >= 0.3 is 0 Å². The SMILES string of the molecule is CN(C)c1ccc2c(c1)OC(=N)C(C#N)C2c1cc([N+](=O)[O-])ccc1Cl. The number of ether oxygens (including phenoxy) is 1. The Morgan fingerprint density at radius 2 is 2.00 bits per heavy atom. The molecule has 7 nitrogen and oxygen atoms in total. The molecular weight excluding hydrogens is 356 g/mol. The molecule has 0 amide bonds. The lowest BCUT2D eigenvalue weighted by Gasteiger charge is -2.31. The van der Waals surface area contributed by atoms with Gasteiger partial charge in [0.15, 0.2) is 0 Å². The molecule has 2 aromatic rings. The molecule has 0 aliphatic carbocycles. The maximum atomic E-state index is 11.2. The molecule has 0 bridgehead atoms. The molecule has 8 heteroatoms. The number of hydrogen-bond acceptors (Lipinski definition) is 6. The largest absolute Gasteiger partial charge is 0.442 e. The van der Waals surface area contributed by atoms with Gasteiger partial charge in [-0.1, -0.05) is 17.7 Å². The molecule has 1 heterocycles. The zero-order valence-electron chi connectivity index (χ0n) is 14.1. The first kappa shape index (κ1) is 17.7. The molecule has 2 aromatic carbocycles. The van der Waals surface area contributed by atoms with Crippen LogP contribution in [0, 0.1) is 32.8 Å². The number of hydrogen-bond donors (Lipinski definition) is 1. The summed E-state index contributed by atoms with van der Waals surface area (Å²) in [5.74, 6) is -1.31. The third-order valence-electron chi connectivity index (χ3n) is 4.35. The van der Waals surface area contributed by atoms with Gasteiger partial charge in [-0.25, -0.2) is 0 Å². The highest BCUT2D eigenvalue weighted by Crippen LogP contribution is 2.45. The standard InChI is InChI=1S/C18H15ClN4O3/c1-22(2)10-3-5-12-16(8-10)26-18(21)14(9-20)17(12)13-7-11(23(24)25)4-6-15(13)19/h3-8,14,17,21H,1-2H3. The highest BCUT2D eigenvalue weighted by molar-refractivity contribution is 6.31. The minimum Gasteiger partial charge on any atom is -0.442 e. The minimum absolute atomic E-state index is 0.120. The molecule has 1 aliphatic heterocycles. The molecule has 1 N–H and O–H groups in total. The van der Waals surface area contributed by atoms with Crippen molar-refractivity contribution in [1.82, 2.24) is 0 Å². The van der Waals surface area contributed by atoms with E-state index in [1.807, 2.05) is 25.1 Å². The van der Waals surface area contributed by atoms with Crippen LogP contribution >= 0.6 is 11.6 Å². The van der Waals surface area contributed by atoms with E-state index in [-0.39, 0.29) is 11.6 Å². The Bertz CT molecular complexity index is 952. The fraction of sp³-hybridized carbons (Fsp3) is 0.222. The summed E-state index contributed by atoms with van der Waals surface area (Å²) in [6.45, 7) is 0. The van der Waals surface area contributed by atoms with Crippen molar-refractivity contribution in [1.29, 1.82) is 10.7 Å². The van der Waals surface area contributed by atoms with Gasteiger partial charge in [0.25, 0.3) is 5.69 Å². The van der Waals surface area contributed by atoms with Crippen molar-refractivity contribution in [2.45, 2.75) is 5.92 Å². The van der Waals surface area contributed by atoms with Gasteiger partial charge in [-0.3, -0.25) is 15.5 Å². The number of halogens is 1. The van der Waals surface area contributed by atoms with Crippen molar-refractivity contribution in [3.8, 4) is 11.8 Å². The van der Waals surface area contributed by atoms with Gasteiger partial charge in [0, 0.05) is 54.5 Å². The first-order valence-electron chi connectivity index (χ1n) is 7.74. The number of nitrogens with zero attached hydrogens (tertiary/aromatic N) is 3. The Morgan fingerprint density at radius 3 is 2.62 bits per heavy atom. The van der Waals surface area contributed by atoms with Crippen molar-refractivity contribution in [2.24, 2.45) is 5.92 Å². The zero-order valence-corrected chi connectivity index (χ0v) is 14.8. The quantitative estimate of drug-likeness (QED) is 0.650. The summed E-state index contributed by atoms with van der Waals surface area (Å²) < 4.78 is 5.55. The Labute approximate surface area is 155 Å². The van der Waals surface area contributed by atoms with Crippen molar-refractivity contribution in [2.75, 3.05) is 19.0 Å². The molecule has 0 radical (unpaired) electrons. The van der Waals surface area contributed by atoms with Gasteiger partial charge in [0.1, 0.15) is 11.7 Å². The average molecular weight is 371 g/mol. The van der Waals surface area contributed by atoms with Gasteiger partial charge in [0.2, 0.25) is 5.90 Å². The molecular formula is C18H15ClN4O3. The van der Waals surface area contributed by atoms with E-state index in [2.05, 4.69) is 6.07 Å². The number of non-ortho nitro benzene ring substituents is 1. The van der Waals surface area contributed by atoms with E-state index in [4.69, 9.17) is 21.7 Å². The van der Waals surface area contributed by atoms with E-state index in [1.54, 1.807) is 12.1 Å². The molecule has 0 fully saturated rings. The number of fused-ring (bicyclic) bond motifs is 1. The summed E-state index contributed by atoms with van der Waals surface area (Å²) in [6.07, 6.45) is 0. The first-order valence-corrected chi connectivity index (χ1v) is 8.12. The molecule has 1 aliphatic rings. The van der Waals surface area contributed by atoms with Crippen LogP contribution in [0.3, 0.4) is 0 Å². The predicted molar refractivity (Wildman–Crippen MR) is 98.2 cm³/mol. The smallest absolute Gasteiger partial charge is 0.269 e. The van der Waals surface area contributed by atoms with Crippen LogP contribution in [-0.2, 0) is 0 Å². The monoisotopic (exact) mass is 370 g/mol. The number of nitro benzene ring substituents is 1. The van der Waals surface area contributed by atoms with Gasteiger partial charge < -0.3 is 9.64 Å². The Hall–Kier alpha value is -3.11. The molecule has 0 aromatic heterocycles. The molecule has 0 saturated heterocycles. The summed E-state index contributed by atoms with van der Waals surface area (Å²) in [7, 11) is 3.76.